The zero-order chi connectivity index (χ0) is 21.2. The molecule has 1 fully saturated rings. The number of morpholine rings is 1. The Hall–Kier alpha value is -1.88. The summed E-state index contributed by atoms with van der Waals surface area (Å²) in [5, 5.41) is 2.61. The number of hydrogen-bond donors (Lipinski definition) is 1. The van der Waals surface area contributed by atoms with Crippen LogP contribution in [0.2, 0.25) is 5.02 Å². The van der Waals surface area contributed by atoms with Crippen LogP contribution in [0.4, 0.5) is 0 Å². The topological polar surface area (TPSA) is 111 Å². The third-order valence-electron chi connectivity index (χ3n) is 4.62. The van der Waals surface area contributed by atoms with Gasteiger partial charge in [-0.15, -0.1) is 0 Å². The van der Waals surface area contributed by atoms with E-state index in [-0.39, 0.29) is 48.9 Å². The molecule has 1 amide bonds. The Kier molecular flexibility index (Phi) is 6.67. The Balaban J connectivity index is 1.83. The lowest BCUT2D eigenvalue weighted by Gasteiger charge is -2.33. The number of ether oxygens (including phenoxy) is 3. The third kappa shape index (κ3) is 4.66. The lowest BCUT2D eigenvalue weighted by molar-refractivity contribution is -0.144. The van der Waals surface area contributed by atoms with E-state index in [0.29, 0.717) is 17.7 Å². The first-order chi connectivity index (χ1) is 13.7. The van der Waals surface area contributed by atoms with Crippen LogP contribution in [-0.2, 0) is 35.5 Å². The number of esters is 1. The number of carbonyl (C=O) groups excluding carboxylic acids is 2. The molecule has 2 aliphatic heterocycles. The quantitative estimate of drug-likeness (QED) is 0.641. The summed E-state index contributed by atoms with van der Waals surface area (Å²) in [5.41, 5.74) is 0.708. The summed E-state index contributed by atoms with van der Waals surface area (Å²) in [5.74, 6) is -0.749. The molecule has 2 atom stereocenters. The highest BCUT2D eigenvalue weighted by molar-refractivity contribution is 7.89. The van der Waals surface area contributed by atoms with E-state index in [1.807, 2.05) is 6.92 Å². The fourth-order valence-corrected chi connectivity index (χ4v) is 5.30. The Morgan fingerprint density at radius 3 is 2.86 bits per heavy atom. The van der Waals surface area contributed by atoms with Crippen LogP contribution in [0.5, 0.6) is 5.75 Å². The minimum atomic E-state index is -4.03. The molecular formula is C18H23ClN2O7S. The molecule has 1 aromatic carbocycles. The molecule has 0 spiro atoms. The first-order valence-electron chi connectivity index (χ1n) is 9.26. The Morgan fingerprint density at radius 2 is 2.14 bits per heavy atom. The molecule has 0 unspecified atom stereocenters. The first-order valence-corrected chi connectivity index (χ1v) is 11.1. The molecule has 3 rings (SSSR count). The average Bonchev–Trinajstić information content (AvgIpc) is 3.07. The third-order valence-corrected chi connectivity index (χ3v) is 6.79. The van der Waals surface area contributed by atoms with Crippen LogP contribution in [-0.4, -0.2) is 69.7 Å². The monoisotopic (exact) mass is 446 g/mol. The van der Waals surface area contributed by atoms with Gasteiger partial charge in [0.2, 0.25) is 15.9 Å². The maximum Gasteiger partial charge on any atom is 0.325 e. The summed E-state index contributed by atoms with van der Waals surface area (Å²) >= 11 is 6.23. The highest BCUT2D eigenvalue weighted by atomic mass is 35.5. The van der Waals surface area contributed by atoms with E-state index < -0.39 is 27.9 Å². The summed E-state index contributed by atoms with van der Waals surface area (Å²) in [6.07, 6.45) is 0.454. The van der Waals surface area contributed by atoms with Gasteiger partial charge >= 0.3 is 5.97 Å². The summed E-state index contributed by atoms with van der Waals surface area (Å²) < 4.78 is 43.3. The molecule has 0 saturated carbocycles. The second kappa shape index (κ2) is 8.86. The molecule has 29 heavy (non-hydrogen) atoms. The maximum absolute atomic E-state index is 13.3. The summed E-state index contributed by atoms with van der Waals surface area (Å²) in [6, 6.07) is 1.75. The van der Waals surface area contributed by atoms with E-state index in [0.717, 1.165) is 4.31 Å². The normalized spacial score (nSPS) is 21.9. The summed E-state index contributed by atoms with van der Waals surface area (Å²) in [6.45, 7) is 3.39. The van der Waals surface area contributed by atoms with Crippen molar-refractivity contribution in [2.24, 2.45) is 0 Å². The van der Waals surface area contributed by atoms with Crippen LogP contribution >= 0.6 is 11.6 Å². The lowest BCUT2D eigenvalue weighted by Crippen LogP contribution is -2.56. The fourth-order valence-electron chi connectivity index (χ4n) is 3.31. The van der Waals surface area contributed by atoms with E-state index in [2.05, 4.69) is 5.32 Å². The smallest absolute Gasteiger partial charge is 0.325 e. The number of nitrogens with one attached hydrogen (secondary N) is 1. The molecule has 0 aromatic heterocycles. The number of benzene rings is 1. The number of hydrogen-bond acceptors (Lipinski definition) is 7. The number of sulfonamides is 1. The van der Waals surface area contributed by atoms with Crippen molar-refractivity contribution in [3.05, 3.63) is 22.7 Å². The predicted molar refractivity (Wildman–Crippen MR) is 103 cm³/mol. The number of rotatable bonds is 6. The van der Waals surface area contributed by atoms with E-state index in [1.165, 1.54) is 12.1 Å². The van der Waals surface area contributed by atoms with Crippen LogP contribution in [0.25, 0.3) is 0 Å². The van der Waals surface area contributed by atoms with Crippen LogP contribution in [0.15, 0.2) is 17.0 Å². The largest absolute Gasteiger partial charge is 0.489 e. The van der Waals surface area contributed by atoms with Crippen molar-refractivity contribution in [2.45, 2.75) is 37.3 Å². The summed E-state index contributed by atoms with van der Waals surface area (Å²) in [7, 11) is -4.03. The molecule has 1 N–H and O–H groups in total. The van der Waals surface area contributed by atoms with Gasteiger partial charge in [-0.3, -0.25) is 9.59 Å². The Labute approximate surface area is 174 Å². The fraction of sp³-hybridized carbons (Fsp3) is 0.556. The number of halogens is 1. The zero-order valence-corrected chi connectivity index (χ0v) is 17.7. The standard InChI is InChI=1S/C18H23ClN2O7S/c1-3-27-16(22)9-20-18(23)15-10-26-5-4-21(15)29(24,25)13-7-12-6-11(2)28-17(12)14(19)8-13/h7-8,11,15H,3-6,9-10H2,1-2H3,(H,20,23)/t11-,15-/m0/s1. The molecule has 0 bridgehead atoms. The number of amides is 1. The van der Waals surface area contributed by atoms with Crippen molar-refractivity contribution in [3.8, 4) is 5.75 Å². The van der Waals surface area contributed by atoms with Gasteiger partial charge in [0.25, 0.3) is 0 Å². The van der Waals surface area contributed by atoms with Crippen molar-refractivity contribution < 1.29 is 32.2 Å². The Morgan fingerprint density at radius 1 is 1.38 bits per heavy atom. The van der Waals surface area contributed by atoms with Crippen molar-refractivity contribution in [3.63, 3.8) is 0 Å². The van der Waals surface area contributed by atoms with Crippen molar-refractivity contribution >= 4 is 33.5 Å². The minimum Gasteiger partial charge on any atom is -0.489 e. The maximum atomic E-state index is 13.3. The van der Waals surface area contributed by atoms with Crippen LogP contribution in [0.1, 0.15) is 19.4 Å². The van der Waals surface area contributed by atoms with Crippen molar-refractivity contribution in [2.75, 3.05) is 32.9 Å². The molecule has 160 valence electrons. The van der Waals surface area contributed by atoms with Crippen molar-refractivity contribution in [1.29, 1.82) is 0 Å². The molecule has 9 nitrogen and oxygen atoms in total. The minimum absolute atomic E-state index is 0.00142. The van der Waals surface area contributed by atoms with Gasteiger partial charge in [0.15, 0.2) is 0 Å². The van der Waals surface area contributed by atoms with Crippen LogP contribution < -0.4 is 10.1 Å². The highest BCUT2D eigenvalue weighted by Gasteiger charge is 2.39. The van der Waals surface area contributed by atoms with E-state index in [9.17, 15) is 18.0 Å². The molecule has 11 heteroatoms. The molecule has 2 aliphatic rings. The van der Waals surface area contributed by atoms with Gasteiger partial charge in [0.05, 0.1) is 29.7 Å². The molecule has 0 radical (unpaired) electrons. The van der Waals surface area contributed by atoms with Crippen LogP contribution in [0, 0.1) is 0 Å². The Bertz CT molecular complexity index is 906. The van der Waals surface area contributed by atoms with Crippen LogP contribution in [0.3, 0.4) is 0 Å². The van der Waals surface area contributed by atoms with Gasteiger partial charge < -0.3 is 19.5 Å². The molecular weight excluding hydrogens is 424 g/mol. The second-order valence-electron chi connectivity index (χ2n) is 6.76. The van der Waals surface area contributed by atoms with E-state index >= 15 is 0 Å². The van der Waals surface area contributed by atoms with Gasteiger partial charge in [-0.1, -0.05) is 11.6 Å². The molecule has 2 heterocycles. The highest BCUT2D eigenvalue weighted by Crippen LogP contribution is 2.38. The average molecular weight is 447 g/mol. The zero-order valence-electron chi connectivity index (χ0n) is 16.1. The second-order valence-corrected chi connectivity index (χ2v) is 9.05. The van der Waals surface area contributed by atoms with Gasteiger partial charge in [-0.25, -0.2) is 8.42 Å². The lowest BCUT2D eigenvalue weighted by atomic mass is 10.1. The summed E-state index contributed by atoms with van der Waals surface area (Å²) in [4.78, 5) is 24.0. The first kappa shape index (κ1) is 21.8. The number of carbonyl (C=O) groups is 2. The number of fused-ring (bicyclic) bond motifs is 1. The number of nitrogens with zero attached hydrogens (tertiary/aromatic N) is 1. The van der Waals surface area contributed by atoms with E-state index in [1.54, 1.807) is 6.92 Å². The SMILES string of the molecule is CCOC(=O)CNC(=O)[C@@H]1COCCN1S(=O)(=O)c1cc(Cl)c2c(c1)C[C@H](C)O2. The van der Waals surface area contributed by atoms with Crippen molar-refractivity contribution in [1.82, 2.24) is 9.62 Å². The van der Waals surface area contributed by atoms with Gasteiger partial charge in [0.1, 0.15) is 24.4 Å². The molecule has 1 saturated heterocycles. The van der Waals surface area contributed by atoms with Gasteiger partial charge in [-0.2, -0.15) is 4.31 Å². The molecule has 1 aromatic rings. The van der Waals surface area contributed by atoms with Gasteiger partial charge in [-0.05, 0) is 26.0 Å². The van der Waals surface area contributed by atoms with Gasteiger partial charge in [0, 0.05) is 18.5 Å². The molecule has 0 aliphatic carbocycles. The van der Waals surface area contributed by atoms with E-state index in [4.69, 9.17) is 25.8 Å². The predicted octanol–water partition coefficient (Wildman–Crippen LogP) is 0.732.